The molecule has 1 N–H and O–H groups in total. The summed E-state index contributed by atoms with van der Waals surface area (Å²) in [5.41, 5.74) is 0.799. The standard InChI is InChI=1S/C14H12ClFO2/c1-9(17)10-2-5-12(6-3-10)18-14-7-4-11(16)8-13(14)15/h2-9,17H,1H3/t9-/m1/s1. The number of hydrogen-bond acceptors (Lipinski definition) is 2. The first kappa shape index (κ1) is 12.9. The Kier molecular flexibility index (Phi) is 3.84. The topological polar surface area (TPSA) is 29.5 Å². The molecule has 1 atom stereocenters. The molecule has 0 amide bonds. The molecule has 0 bridgehead atoms. The maximum atomic E-state index is 12.9. The summed E-state index contributed by atoms with van der Waals surface area (Å²) in [5, 5.41) is 9.59. The van der Waals surface area contributed by atoms with Gasteiger partial charge >= 0.3 is 0 Å². The van der Waals surface area contributed by atoms with Crippen LogP contribution in [0.3, 0.4) is 0 Å². The first-order chi connectivity index (χ1) is 8.56. The fraction of sp³-hybridized carbons (Fsp3) is 0.143. The number of rotatable bonds is 3. The van der Waals surface area contributed by atoms with Gasteiger partial charge in [-0.05, 0) is 42.8 Å². The molecule has 0 aliphatic carbocycles. The molecule has 0 unspecified atom stereocenters. The van der Waals surface area contributed by atoms with E-state index in [1.165, 1.54) is 18.2 Å². The van der Waals surface area contributed by atoms with Gasteiger partial charge in [-0.3, -0.25) is 0 Å². The van der Waals surface area contributed by atoms with E-state index in [0.717, 1.165) is 5.56 Å². The van der Waals surface area contributed by atoms with Crippen LogP contribution in [0.15, 0.2) is 42.5 Å². The number of aliphatic hydroxyl groups excluding tert-OH is 1. The molecule has 2 aromatic carbocycles. The Hall–Kier alpha value is -1.58. The lowest BCUT2D eigenvalue weighted by Crippen LogP contribution is -1.91. The first-order valence-electron chi connectivity index (χ1n) is 5.47. The lowest BCUT2D eigenvalue weighted by molar-refractivity contribution is 0.199. The molecule has 2 nitrogen and oxygen atoms in total. The van der Waals surface area contributed by atoms with E-state index in [1.54, 1.807) is 31.2 Å². The number of ether oxygens (including phenoxy) is 1. The summed E-state index contributed by atoms with van der Waals surface area (Å²) >= 11 is 5.86. The molecule has 0 aromatic heterocycles. The number of hydrogen-bond donors (Lipinski definition) is 1. The van der Waals surface area contributed by atoms with Crippen LogP contribution in [0.25, 0.3) is 0 Å². The van der Waals surface area contributed by atoms with E-state index in [0.29, 0.717) is 11.5 Å². The molecular formula is C14H12ClFO2. The maximum absolute atomic E-state index is 12.9. The summed E-state index contributed by atoms with van der Waals surface area (Å²) in [6.07, 6.45) is -0.520. The van der Waals surface area contributed by atoms with Crippen LogP contribution < -0.4 is 4.74 Å². The number of aliphatic hydroxyl groups is 1. The normalized spacial score (nSPS) is 12.2. The minimum atomic E-state index is -0.520. The van der Waals surface area contributed by atoms with Crippen molar-refractivity contribution in [3.05, 3.63) is 58.9 Å². The van der Waals surface area contributed by atoms with Crippen LogP contribution in [0.1, 0.15) is 18.6 Å². The van der Waals surface area contributed by atoms with Crippen molar-refractivity contribution >= 4 is 11.6 Å². The Morgan fingerprint density at radius 2 is 1.83 bits per heavy atom. The molecule has 0 heterocycles. The molecule has 4 heteroatoms. The molecule has 2 aromatic rings. The Morgan fingerprint density at radius 3 is 2.39 bits per heavy atom. The van der Waals surface area contributed by atoms with E-state index >= 15 is 0 Å². The fourth-order valence-corrected chi connectivity index (χ4v) is 1.71. The zero-order valence-electron chi connectivity index (χ0n) is 9.73. The lowest BCUT2D eigenvalue weighted by atomic mass is 10.1. The van der Waals surface area contributed by atoms with Crippen LogP contribution >= 0.6 is 11.6 Å². The molecule has 0 saturated heterocycles. The number of halogens is 2. The van der Waals surface area contributed by atoms with Crippen molar-refractivity contribution in [2.24, 2.45) is 0 Å². The van der Waals surface area contributed by atoms with Gasteiger partial charge in [0.2, 0.25) is 0 Å². The SMILES string of the molecule is C[C@@H](O)c1ccc(Oc2ccc(F)cc2Cl)cc1. The molecule has 18 heavy (non-hydrogen) atoms. The Labute approximate surface area is 110 Å². The summed E-state index contributed by atoms with van der Waals surface area (Å²) in [7, 11) is 0. The van der Waals surface area contributed by atoms with Gasteiger partial charge in [0.1, 0.15) is 17.3 Å². The maximum Gasteiger partial charge on any atom is 0.146 e. The largest absolute Gasteiger partial charge is 0.456 e. The average Bonchev–Trinajstić information content (AvgIpc) is 2.33. The highest BCUT2D eigenvalue weighted by atomic mass is 35.5. The van der Waals surface area contributed by atoms with Crippen molar-refractivity contribution in [2.45, 2.75) is 13.0 Å². The Morgan fingerprint density at radius 1 is 1.17 bits per heavy atom. The van der Waals surface area contributed by atoms with E-state index in [1.807, 2.05) is 0 Å². The van der Waals surface area contributed by atoms with Crippen molar-refractivity contribution in [1.82, 2.24) is 0 Å². The van der Waals surface area contributed by atoms with Crippen LogP contribution in [0, 0.1) is 5.82 Å². The van der Waals surface area contributed by atoms with Crippen LogP contribution in [0.4, 0.5) is 4.39 Å². The zero-order chi connectivity index (χ0) is 13.1. The monoisotopic (exact) mass is 266 g/mol. The molecule has 94 valence electrons. The van der Waals surface area contributed by atoms with Gasteiger partial charge in [0.15, 0.2) is 0 Å². The highest BCUT2D eigenvalue weighted by Gasteiger charge is 2.05. The van der Waals surface area contributed by atoms with Crippen molar-refractivity contribution in [3.8, 4) is 11.5 Å². The van der Waals surface area contributed by atoms with Gasteiger partial charge in [0.25, 0.3) is 0 Å². The predicted molar refractivity (Wildman–Crippen MR) is 68.6 cm³/mol. The second kappa shape index (κ2) is 5.38. The smallest absolute Gasteiger partial charge is 0.146 e. The van der Waals surface area contributed by atoms with Gasteiger partial charge in [-0.1, -0.05) is 23.7 Å². The van der Waals surface area contributed by atoms with Crippen LogP contribution in [0.5, 0.6) is 11.5 Å². The summed E-state index contributed by atoms with van der Waals surface area (Å²) in [6.45, 7) is 1.69. The van der Waals surface area contributed by atoms with E-state index in [-0.39, 0.29) is 5.02 Å². The molecule has 0 radical (unpaired) electrons. The molecule has 0 fully saturated rings. The highest BCUT2D eigenvalue weighted by Crippen LogP contribution is 2.30. The third kappa shape index (κ3) is 3.00. The first-order valence-corrected chi connectivity index (χ1v) is 5.85. The third-order valence-electron chi connectivity index (χ3n) is 2.48. The Balaban J connectivity index is 2.18. The van der Waals surface area contributed by atoms with Gasteiger partial charge in [0.05, 0.1) is 11.1 Å². The van der Waals surface area contributed by atoms with Crippen LogP contribution in [-0.2, 0) is 0 Å². The van der Waals surface area contributed by atoms with Gasteiger partial charge in [-0.15, -0.1) is 0 Å². The van der Waals surface area contributed by atoms with E-state index in [2.05, 4.69) is 0 Å². The third-order valence-corrected chi connectivity index (χ3v) is 2.78. The van der Waals surface area contributed by atoms with E-state index in [4.69, 9.17) is 16.3 Å². The van der Waals surface area contributed by atoms with Gasteiger partial charge in [-0.25, -0.2) is 4.39 Å². The minimum Gasteiger partial charge on any atom is -0.456 e. The quantitative estimate of drug-likeness (QED) is 0.896. The zero-order valence-corrected chi connectivity index (χ0v) is 10.5. The van der Waals surface area contributed by atoms with Crippen molar-refractivity contribution < 1.29 is 14.2 Å². The van der Waals surface area contributed by atoms with Crippen molar-refractivity contribution in [2.75, 3.05) is 0 Å². The second-order valence-electron chi connectivity index (χ2n) is 3.92. The van der Waals surface area contributed by atoms with E-state index < -0.39 is 11.9 Å². The van der Waals surface area contributed by atoms with Gasteiger partial charge in [-0.2, -0.15) is 0 Å². The summed E-state index contributed by atoms with van der Waals surface area (Å²) in [6, 6.07) is 10.9. The predicted octanol–water partition coefficient (Wildman–Crippen LogP) is 4.32. The lowest BCUT2D eigenvalue weighted by Gasteiger charge is -2.09. The summed E-state index contributed by atoms with van der Waals surface area (Å²) in [5.74, 6) is 0.563. The fourth-order valence-electron chi connectivity index (χ4n) is 1.50. The highest BCUT2D eigenvalue weighted by molar-refractivity contribution is 6.32. The Bertz CT molecular complexity index is 538. The van der Waals surface area contributed by atoms with Crippen molar-refractivity contribution in [3.63, 3.8) is 0 Å². The molecular weight excluding hydrogens is 255 g/mol. The van der Waals surface area contributed by atoms with Crippen LogP contribution in [0.2, 0.25) is 5.02 Å². The average molecular weight is 267 g/mol. The van der Waals surface area contributed by atoms with Crippen molar-refractivity contribution in [1.29, 1.82) is 0 Å². The van der Waals surface area contributed by atoms with Gasteiger partial charge < -0.3 is 9.84 Å². The van der Waals surface area contributed by atoms with Gasteiger partial charge in [0, 0.05) is 0 Å². The minimum absolute atomic E-state index is 0.217. The molecule has 0 saturated carbocycles. The molecule has 0 aliphatic rings. The summed E-state index contributed by atoms with van der Waals surface area (Å²) in [4.78, 5) is 0. The van der Waals surface area contributed by atoms with Crippen LogP contribution in [-0.4, -0.2) is 5.11 Å². The molecule has 0 spiro atoms. The van der Waals surface area contributed by atoms with E-state index in [9.17, 15) is 9.50 Å². The summed E-state index contributed by atoms with van der Waals surface area (Å²) < 4.78 is 18.4. The number of benzene rings is 2. The molecule has 2 rings (SSSR count). The molecule has 0 aliphatic heterocycles. The second-order valence-corrected chi connectivity index (χ2v) is 4.33.